The van der Waals surface area contributed by atoms with Gasteiger partial charge in [0.25, 0.3) is 0 Å². The SMILES string of the molecule is CCCCCCCCC=CC[Se]. The van der Waals surface area contributed by atoms with Crippen LogP contribution in [0.25, 0.3) is 0 Å². The van der Waals surface area contributed by atoms with E-state index in [1.165, 1.54) is 44.9 Å². The van der Waals surface area contributed by atoms with Gasteiger partial charge in [-0.05, 0) is 0 Å². The zero-order valence-electron chi connectivity index (χ0n) is 8.22. The van der Waals surface area contributed by atoms with Crippen LogP contribution in [-0.4, -0.2) is 16.0 Å². The Hall–Kier alpha value is 0.259. The van der Waals surface area contributed by atoms with Gasteiger partial charge in [-0.2, -0.15) is 0 Å². The van der Waals surface area contributed by atoms with E-state index in [2.05, 4.69) is 35.1 Å². The monoisotopic (exact) mass is 233 g/mol. The fourth-order valence-electron chi connectivity index (χ4n) is 1.23. The van der Waals surface area contributed by atoms with Gasteiger partial charge in [0, 0.05) is 0 Å². The van der Waals surface area contributed by atoms with Crippen molar-refractivity contribution in [3.63, 3.8) is 0 Å². The zero-order chi connectivity index (χ0) is 9.07. The fourth-order valence-corrected chi connectivity index (χ4v) is 1.51. The second kappa shape index (κ2) is 11.3. The van der Waals surface area contributed by atoms with Gasteiger partial charge in [0.15, 0.2) is 0 Å². The first-order valence-electron chi connectivity index (χ1n) is 5.15. The third-order valence-electron chi connectivity index (χ3n) is 1.99. The van der Waals surface area contributed by atoms with E-state index in [1.54, 1.807) is 0 Å². The van der Waals surface area contributed by atoms with Gasteiger partial charge in [-0.25, -0.2) is 0 Å². The fraction of sp³-hybridized carbons (Fsp3) is 0.818. The molecule has 0 saturated carbocycles. The van der Waals surface area contributed by atoms with E-state index < -0.39 is 0 Å². The molecule has 1 heteroatoms. The summed E-state index contributed by atoms with van der Waals surface area (Å²) in [5, 5.41) is 1.07. The van der Waals surface area contributed by atoms with E-state index in [1.807, 2.05) is 0 Å². The van der Waals surface area contributed by atoms with Gasteiger partial charge in [0.2, 0.25) is 0 Å². The molecular weight excluding hydrogens is 211 g/mol. The molecule has 0 aromatic heterocycles. The van der Waals surface area contributed by atoms with Crippen LogP contribution in [0.4, 0.5) is 0 Å². The molecule has 0 spiro atoms. The summed E-state index contributed by atoms with van der Waals surface area (Å²) in [6, 6.07) is 0. The van der Waals surface area contributed by atoms with E-state index in [-0.39, 0.29) is 0 Å². The molecule has 0 aliphatic rings. The Labute approximate surface area is 85.6 Å². The van der Waals surface area contributed by atoms with Crippen molar-refractivity contribution in [3.05, 3.63) is 12.2 Å². The summed E-state index contributed by atoms with van der Waals surface area (Å²) >= 11 is 2.97. The summed E-state index contributed by atoms with van der Waals surface area (Å²) in [4.78, 5) is 0. The second-order valence-electron chi connectivity index (χ2n) is 3.19. The van der Waals surface area contributed by atoms with Crippen LogP contribution in [-0.2, 0) is 0 Å². The Balaban J connectivity index is 2.86. The van der Waals surface area contributed by atoms with Crippen molar-refractivity contribution in [1.29, 1.82) is 0 Å². The molecule has 0 nitrogen and oxygen atoms in total. The first kappa shape index (κ1) is 12.3. The molecule has 0 fully saturated rings. The van der Waals surface area contributed by atoms with Gasteiger partial charge >= 0.3 is 85.4 Å². The average molecular weight is 232 g/mol. The molecule has 71 valence electrons. The minimum absolute atomic E-state index is 1.07. The molecule has 0 atom stereocenters. The molecular formula is C11H21Se. The molecule has 0 aromatic rings. The van der Waals surface area contributed by atoms with Crippen molar-refractivity contribution in [2.75, 3.05) is 0 Å². The van der Waals surface area contributed by atoms with Crippen molar-refractivity contribution in [3.8, 4) is 0 Å². The van der Waals surface area contributed by atoms with Crippen LogP contribution in [0.1, 0.15) is 51.9 Å². The predicted molar refractivity (Wildman–Crippen MR) is 57.7 cm³/mol. The van der Waals surface area contributed by atoms with Gasteiger partial charge in [0.1, 0.15) is 0 Å². The molecule has 0 unspecified atom stereocenters. The first-order valence-corrected chi connectivity index (χ1v) is 6.36. The van der Waals surface area contributed by atoms with Crippen LogP contribution in [0.3, 0.4) is 0 Å². The number of hydrogen-bond donors (Lipinski definition) is 0. The summed E-state index contributed by atoms with van der Waals surface area (Å²) in [7, 11) is 0. The van der Waals surface area contributed by atoms with Crippen molar-refractivity contribution in [1.82, 2.24) is 0 Å². The molecule has 12 heavy (non-hydrogen) atoms. The van der Waals surface area contributed by atoms with E-state index >= 15 is 0 Å². The van der Waals surface area contributed by atoms with Gasteiger partial charge in [-0.1, -0.05) is 0 Å². The van der Waals surface area contributed by atoms with Crippen LogP contribution in [0.5, 0.6) is 0 Å². The molecule has 0 aliphatic carbocycles. The molecule has 0 aromatic carbocycles. The van der Waals surface area contributed by atoms with Crippen LogP contribution in [0, 0.1) is 0 Å². The minimum atomic E-state index is 1.07. The number of allylic oxidation sites excluding steroid dienone is 2. The topological polar surface area (TPSA) is 0 Å². The quantitative estimate of drug-likeness (QED) is 0.338. The van der Waals surface area contributed by atoms with Gasteiger partial charge < -0.3 is 0 Å². The summed E-state index contributed by atoms with van der Waals surface area (Å²) in [5.74, 6) is 0. The molecule has 0 N–H and O–H groups in total. The van der Waals surface area contributed by atoms with E-state index in [0.717, 1.165) is 5.32 Å². The third-order valence-corrected chi connectivity index (χ3v) is 2.39. The Morgan fingerprint density at radius 3 is 2.25 bits per heavy atom. The zero-order valence-corrected chi connectivity index (χ0v) is 9.93. The normalized spacial score (nSPS) is 11.2. The third kappa shape index (κ3) is 10.3. The standard InChI is InChI=1S/C11H21Se/c1-2-3-4-5-6-7-8-9-10-11-12/h9-10H,2-8,11H2,1H3. The number of hydrogen-bond acceptors (Lipinski definition) is 0. The summed E-state index contributed by atoms with van der Waals surface area (Å²) in [5.41, 5.74) is 0. The van der Waals surface area contributed by atoms with E-state index in [0.29, 0.717) is 0 Å². The Morgan fingerprint density at radius 2 is 1.58 bits per heavy atom. The molecule has 0 rings (SSSR count). The van der Waals surface area contributed by atoms with Gasteiger partial charge in [0.05, 0.1) is 0 Å². The van der Waals surface area contributed by atoms with Crippen LogP contribution in [0.2, 0.25) is 5.32 Å². The van der Waals surface area contributed by atoms with E-state index in [9.17, 15) is 0 Å². The summed E-state index contributed by atoms with van der Waals surface area (Å²) in [6.07, 6.45) is 14.2. The summed E-state index contributed by atoms with van der Waals surface area (Å²) in [6.45, 7) is 2.26. The van der Waals surface area contributed by atoms with Crippen molar-refractivity contribution < 1.29 is 0 Å². The molecule has 0 saturated heterocycles. The molecule has 0 bridgehead atoms. The summed E-state index contributed by atoms with van der Waals surface area (Å²) < 4.78 is 0. The Bertz CT molecular complexity index is 97.2. The molecule has 0 heterocycles. The van der Waals surface area contributed by atoms with Crippen molar-refractivity contribution in [2.24, 2.45) is 0 Å². The number of rotatable bonds is 8. The van der Waals surface area contributed by atoms with Gasteiger partial charge in [-0.15, -0.1) is 0 Å². The Morgan fingerprint density at radius 1 is 0.917 bits per heavy atom. The van der Waals surface area contributed by atoms with E-state index in [4.69, 9.17) is 0 Å². The van der Waals surface area contributed by atoms with Crippen molar-refractivity contribution >= 4 is 16.0 Å². The number of unbranched alkanes of at least 4 members (excludes halogenated alkanes) is 6. The van der Waals surface area contributed by atoms with Crippen LogP contribution in [0.15, 0.2) is 12.2 Å². The Kier molecular flexibility index (Phi) is 11.5. The predicted octanol–water partition coefficient (Wildman–Crippen LogP) is 3.88. The van der Waals surface area contributed by atoms with Crippen LogP contribution >= 0.6 is 0 Å². The average Bonchev–Trinajstić information content (AvgIpc) is 2.10. The molecule has 1 radical (unpaired) electrons. The van der Waals surface area contributed by atoms with Crippen molar-refractivity contribution in [2.45, 2.75) is 57.2 Å². The first-order chi connectivity index (χ1) is 5.91. The molecule has 0 amide bonds. The maximum atomic E-state index is 2.97. The van der Waals surface area contributed by atoms with Crippen LogP contribution < -0.4 is 0 Å². The second-order valence-corrected chi connectivity index (χ2v) is 3.89. The molecule has 0 aliphatic heterocycles. The van der Waals surface area contributed by atoms with Gasteiger partial charge in [-0.3, -0.25) is 0 Å². The maximum absolute atomic E-state index is 2.97.